The van der Waals surface area contributed by atoms with Crippen molar-refractivity contribution < 1.29 is 0 Å². The van der Waals surface area contributed by atoms with E-state index >= 15 is 0 Å². The fraction of sp³-hybridized carbons (Fsp3) is 0.933. The predicted molar refractivity (Wildman–Crippen MR) is 83.0 cm³/mol. The van der Waals surface area contributed by atoms with Gasteiger partial charge in [-0.05, 0) is 26.2 Å². The van der Waals surface area contributed by atoms with Gasteiger partial charge in [-0.15, -0.1) is 0 Å². The third-order valence-corrected chi connectivity index (χ3v) is 3.90. The van der Waals surface area contributed by atoms with E-state index in [0.717, 1.165) is 5.96 Å². The summed E-state index contributed by atoms with van der Waals surface area (Å²) in [5.41, 5.74) is 2.72. The topological polar surface area (TPSA) is 62.4 Å². The number of nitrogens with one attached hydrogen (secondary N) is 2. The molecule has 19 heavy (non-hydrogen) atoms. The molecule has 0 radical (unpaired) electrons. The summed E-state index contributed by atoms with van der Waals surface area (Å²) in [6.07, 6.45) is 12.8. The van der Waals surface area contributed by atoms with Crippen molar-refractivity contribution in [1.82, 2.24) is 10.7 Å². The van der Waals surface area contributed by atoms with Gasteiger partial charge in [0.15, 0.2) is 0 Å². The van der Waals surface area contributed by atoms with E-state index < -0.39 is 0 Å². The molecule has 1 fully saturated rings. The number of hydrogen-bond donors (Lipinski definition) is 3. The quantitative estimate of drug-likeness (QED) is 0.219. The number of unbranched alkanes of at least 4 members (excludes halogenated alkanes) is 3. The van der Waals surface area contributed by atoms with Gasteiger partial charge in [0, 0.05) is 6.04 Å². The van der Waals surface area contributed by atoms with Crippen molar-refractivity contribution in [2.75, 3.05) is 0 Å². The van der Waals surface area contributed by atoms with Crippen LogP contribution < -0.4 is 16.6 Å². The smallest absolute Gasteiger partial charge is 0.206 e. The van der Waals surface area contributed by atoms with Gasteiger partial charge < -0.3 is 5.32 Å². The second-order valence-electron chi connectivity index (χ2n) is 5.81. The van der Waals surface area contributed by atoms with Crippen molar-refractivity contribution in [2.45, 2.75) is 90.1 Å². The molecule has 1 rings (SSSR count). The first-order valence-corrected chi connectivity index (χ1v) is 8.07. The van der Waals surface area contributed by atoms with Gasteiger partial charge in [0.2, 0.25) is 5.96 Å². The lowest BCUT2D eigenvalue weighted by atomic mass is 9.96. The number of hydrogen-bond acceptors (Lipinski definition) is 2. The molecular formula is C15H32N4. The van der Waals surface area contributed by atoms with Gasteiger partial charge in [-0.2, -0.15) is 0 Å². The zero-order valence-electron chi connectivity index (χ0n) is 12.8. The molecule has 4 heteroatoms. The highest BCUT2D eigenvalue weighted by molar-refractivity contribution is 5.79. The predicted octanol–water partition coefficient (Wildman–Crippen LogP) is 3.09. The van der Waals surface area contributed by atoms with Crippen LogP contribution in [0.5, 0.6) is 0 Å². The number of hydrazine groups is 1. The van der Waals surface area contributed by atoms with Crippen LogP contribution in [0.4, 0.5) is 0 Å². The second-order valence-corrected chi connectivity index (χ2v) is 5.81. The molecule has 0 spiro atoms. The van der Waals surface area contributed by atoms with Crippen molar-refractivity contribution in [3.8, 4) is 0 Å². The van der Waals surface area contributed by atoms with E-state index in [1.807, 2.05) is 0 Å². The Labute approximate surface area is 118 Å². The number of nitrogens with zero attached hydrogens (tertiary/aromatic N) is 1. The van der Waals surface area contributed by atoms with Crippen LogP contribution in [0.25, 0.3) is 0 Å². The molecule has 1 aliphatic carbocycles. The molecule has 0 saturated heterocycles. The van der Waals surface area contributed by atoms with Gasteiger partial charge in [0.1, 0.15) is 0 Å². The SMILES string of the molecule is CCCCCCC(C)NC(=NC1CCCCC1)NN. The molecule has 0 aromatic carbocycles. The molecule has 1 atom stereocenters. The molecule has 0 aromatic rings. The van der Waals surface area contributed by atoms with Crippen molar-refractivity contribution >= 4 is 5.96 Å². The van der Waals surface area contributed by atoms with Crippen LogP contribution in [-0.4, -0.2) is 18.0 Å². The summed E-state index contributed by atoms with van der Waals surface area (Å²) >= 11 is 0. The van der Waals surface area contributed by atoms with E-state index in [2.05, 4.69) is 24.6 Å². The largest absolute Gasteiger partial charge is 0.353 e. The zero-order valence-corrected chi connectivity index (χ0v) is 12.8. The Kier molecular flexibility index (Phi) is 8.63. The van der Waals surface area contributed by atoms with Crippen LogP contribution in [0.15, 0.2) is 4.99 Å². The molecule has 1 unspecified atom stereocenters. The third-order valence-electron chi connectivity index (χ3n) is 3.90. The minimum atomic E-state index is 0.440. The summed E-state index contributed by atoms with van der Waals surface area (Å²) in [6, 6.07) is 0.898. The van der Waals surface area contributed by atoms with Crippen LogP contribution in [0.1, 0.15) is 78.1 Å². The van der Waals surface area contributed by atoms with E-state index in [4.69, 9.17) is 10.8 Å². The molecule has 4 N–H and O–H groups in total. The molecule has 1 aliphatic rings. The molecule has 0 aromatic heterocycles. The Balaban J connectivity index is 2.27. The lowest BCUT2D eigenvalue weighted by Gasteiger charge is -2.21. The average Bonchev–Trinajstić information content (AvgIpc) is 2.44. The van der Waals surface area contributed by atoms with E-state index in [9.17, 15) is 0 Å². The van der Waals surface area contributed by atoms with Crippen LogP contribution in [0, 0.1) is 0 Å². The summed E-state index contributed by atoms with van der Waals surface area (Å²) in [4.78, 5) is 4.71. The fourth-order valence-electron chi connectivity index (χ4n) is 2.69. The maximum Gasteiger partial charge on any atom is 0.206 e. The van der Waals surface area contributed by atoms with Crippen molar-refractivity contribution in [3.63, 3.8) is 0 Å². The molecule has 1 saturated carbocycles. The number of guanidine groups is 1. The first kappa shape index (κ1) is 16.3. The second kappa shape index (κ2) is 10.1. The summed E-state index contributed by atoms with van der Waals surface area (Å²) in [5, 5.41) is 3.40. The number of aliphatic imine (C=N–C) groups is 1. The van der Waals surface area contributed by atoms with Crippen molar-refractivity contribution in [2.24, 2.45) is 10.8 Å². The molecular weight excluding hydrogens is 236 g/mol. The highest BCUT2D eigenvalue weighted by atomic mass is 15.3. The standard InChI is InChI=1S/C15H32N4/c1-3-4-5-7-10-13(2)17-15(19-16)18-14-11-8-6-9-12-14/h13-14H,3-12,16H2,1-2H3,(H2,17,18,19). The van der Waals surface area contributed by atoms with Gasteiger partial charge in [-0.3, -0.25) is 5.43 Å². The van der Waals surface area contributed by atoms with Crippen molar-refractivity contribution in [3.05, 3.63) is 0 Å². The van der Waals surface area contributed by atoms with E-state index in [1.165, 1.54) is 64.2 Å². The molecule has 0 aliphatic heterocycles. The van der Waals surface area contributed by atoms with Gasteiger partial charge in [-0.25, -0.2) is 10.8 Å². The molecule has 0 amide bonds. The maximum atomic E-state index is 5.57. The Bertz CT molecular complexity index is 247. The minimum Gasteiger partial charge on any atom is -0.353 e. The fourth-order valence-corrected chi connectivity index (χ4v) is 2.69. The summed E-state index contributed by atoms with van der Waals surface area (Å²) in [5.74, 6) is 6.34. The minimum absolute atomic E-state index is 0.440. The Hall–Kier alpha value is -0.770. The van der Waals surface area contributed by atoms with Crippen LogP contribution in [0.2, 0.25) is 0 Å². The van der Waals surface area contributed by atoms with Crippen LogP contribution >= 0.6 is 0 Å². The van der Waals surface area contributed by atoms with E-state index in [0.29, 0.717) is 12.1 Å². The summed E-state index contributed by atoms with van der Waals surface area (Å²) in [7, 11) is 0. The zero-order chi connectivity index (χ0) is 13.9. The van der Waals surface area contributed by atoms with Crippen LogP contribution in [0.3, 0.4) is 0 Å². The number of nitrogens with two attached hydrogens (primary N) is 1. The first-order chi connectivity index (χ1) is 9.26. The highest BCUT2D eigenvalue weighted by Crippen LogP contribution is 2.20. The average molecular weight is 268 g/mol. The van der Waals surface area contributed by atoms with Gasteiger partial charge in [0.25, 0.3) is 0 Å². The van der Waals surface area contributed by atoms with Crippen LogP contribution in [-0.2, 0) is 0 Å². The maximum absolute atomic E-state index is 5.57. The van der Waals surface area contributed by atoms with E-state index in [-0.39, 0.29) is 0 Å². The Morgan fingerprint density at radius 2 is 1.95 bits per heavy atom. The molecule has 112 valence electrons. The third kappa shape index (κ3) is 7.41. The van der Waals surface area contributed by atoms with Gasteiger partial charge in [-0.1, -0.05) is 51.9 Å². The van der Waals surface area contributed by atoms with Gasteiger partial charge in [0.05, 0.1) is 6.04 Å². The molecule has 0 bridgehead atoms. The Morgan fingerprint density at radius 3 is 2.58 bits per heavy atom. The lowest BCUT2D eigenvalue weighted by molar-refractivity contribution is 0.439. The Morgan fingerprint density at radius 1 is 1.21 bits per heavy atom. The molecule has 4 nitrogen and oxygen atoms in total. The van der Waals surface area contributed by atoms with E-state index in [1.54, 1.807) is 0 Å². The lowest BCUT2D eigenvalue weighted by Crippen LogP contribution is -2.46. The number of rotatable bonds is 7. The highest BCUT2D eigenvalue weighted by Gasteiger charge is 2.13. The molecule has 0 heterocycles. The summed E-state index contributed by atoms with van der Waals surface area (Å²) < 4.78 is 0. The van der Waals surface area contributed by atoms with Crippen molar-refractivity contribution in [1.29, 1.82) is 0 Å². The summed E-state index contributed by atoms with van der Waals surface area (Å²) in [6.45, 7) is 4.45. The monoisotopic (exact) mass is 268 g/mol. The normalized spacial score (nSPS) is 19.2. The first-order valence-electron chi connectivity index (χ1n) is 8.07. The van der Waals surface area contributed by atoms with Gasteiger partial charge >= 0.3 is 0 Å².